The summed E-state index contributed by atoms with van der Waals surface area (Å²) >= 11 is 0. The highest BCUT2D eigenvalue weighted by Crippen LogP contribution is 2.34. The molecule has 0 aromatic heterocycles. The van der Waals surface area contributed by atoms with E-state index in [1.54, 1.807) is 0 Å². The summed E-state index contributed by atoms with van der Waals surface area (Å²) < 4.78 is 0. The first kappa shape index (κ1) is 17.7. The molecule has 3 aromatic carbocycles. The van der Waals surface area contributed by atoms with Crippen LogP contribution in [0.3, 0.4) is 0 Å². The first-order valence-corrected chi connectivity index (χ1v) is 9.90. The summed E-state index contributed by atoms with van der Waals surface area (Å²) in [5.41, 5.74) is 6.37. The molecular weight excluding hydrogens is 328 g/mol. The van der Waals surface area contributed by atoms with Gasteiger partial charge in [-0.05, 0) is 77.6 Å². The van der Waals surface area contributed by atoms with Gasteiger partial charge in [-0.2, -0.15) is 0 Å². The lowest BCUT2D eigenvalue weighted by molar-refractivity contribution is 0.689. The molecule has 3 aromatic rings. The molecule has 0 radical (unpaired) electrons. The highest BCUT2D eigenvalue weighted by molar-refractivity contribution is 5.89. The normalized spacial score (nSPS) is 15.8. The molecule has 0 spiro atoms. The smallest absolute Gasteiger partial charge is 0.0554 e. The molecule has 1 aliphatic rings. The van der Waals surface area contributed by atoms with E-state index in [1.165, 1.54) is 38.8 Å². The van der Waals surface area contributed by atoms with Crippen molar-refractivity contribution in [3.05, 3.63) is 77.4 Å². The van der Waals surface area contributed by atoms with Crippen LogP contribution in [-0.4, -0.2) is 6.54 Å². The van der Waals surface area contributed by atoms with Crippen molar-refractivity contribution in [2.45, 2.75) is 33.2 Å². The lowest BCUT2D eigenvalue weighted by atomic mass is 9.89. The van der Waals surface area contributed by atoms with Crippen molar-refractivity contribution in [1.82, 2.24) is 0 Å². The van der Waals surface area contributed by atoms with Crippen LogP contribution in [0, 0.1) is 12.8 Å². The summed E-state index contributed by atoms with van der Waals surface area (Å²) in [6.45, 7) is 7.59. The molecule has 0 fully saturated rings. The monoisotopic (exact) mass is 356 g/mol. The van der Waals surface area contributed by atoms with Crippen molar-refractivity contribution in [3.63, 3.8) is 0 Å². The highest BCUT2D eigenvalue weighted by Gasteiger charge is 2.17. The number of anilines is 2. The van der Waals surface area contributed by atoms with Gasteiger partial charge in [-0.3, -0.25) is 0 Å². The van der Waals surface area contributed by atoms with Crippen molar-refractivity contribution < 1.29 is 0 Å². The van der Waals surface area contributed by atoms with Gasteiger partial charge >= 0.3 is 0 Å². The molecular formula is C25H28N2. The minimum absolute atomic E-state index is 0.310. The third kappa shape index (κ3) is 4.00. The second-order valence-electron chi connectivity index (χ2n) is 8.02. The van der Waals surface area contributed by atoms with Gasteiger partial charge in [-0.25, -0.2) is 0 Å². The van der Waals surface area contributed by atoms with Gasteiger partial charge < -0.3 is 10.6 Å². The summed E-state index contributed by atoms with van der Waals surface area (Å²) in [5, 5.41) is 9.86. The molecule has 0 bridgehead atoms. The van der Waals surface area contributed by atoms with Gasteiger partial charge in [0.05, 0.1) is 6.04 Å². The molecule has 1 unspecified atom stereocenters. The fraction of sp³-hybridized carbons (Fsp3) is 0.280. The standard InChI is InChI=1S/C25H28N2/c1-17(2)16-26-23-12-9-19-13-20-5-4-6-25(24(20)15-21(19)14-23)27-22-10-7-18(3)8-11-22/h4-5,7-15,17,25-27H,6,16H2,1-3H3. The van der Waals surface area contributed by atoms with E-state index in [-0.39, 0.29) is 0 Å². The first-order valence-electron chi connectivity index (χ1n) is 9.90. The van der Waals surface area contributed by atoms with Gasteiger partial charge in [-0.15, -0.1) is 0 Å². The second kappa shape index (κ2) is 7.48. The number of rotatable bonds is 5. The van der Waals surface area contributed by atoms with Crippen LogP contribution in [0.1, 0.15) is 43.0 Å². The topological polar surface area (TPSA) is 24.1 Å². The van der Waals surface area contributed by atoms with Crippen LogP contribution in [0.4, 0.5) is 11.4 Å². The number of hydrogen-bond acceptors (Lipinski definition) is 2. The van der Waals surface area contributed by atoms with Gasteiger partial charge in [0, 0.05) is 17.9 Å². The SMILES string of the molecule is Cc1ccc(NC2CC=Cc3cc4ccc(NCC(C)C)cc4cc32)cc1. The van der Waals surface area contributed by atoms with E-state index >= 15 is 0 Å². The Labute approximate surface area is 162 Å². The van der Waals surface area contributed by atoms with Crippen molar-refractivity contribution >= 4 is 28.2 Å². The lowest BCUT2D eigenvalue weighted by Gasteiger charge is -2.25. The van der Waals surface area contributed by atoms with E-state index in [1.807, 2.05) is 0 Å². The van der Waals surface area contributed by atoms with Gasteiger partial charge in [-0.1, -0.05) is 49.8 Å². The zero-order chi connectivity index (χ0) is 18.8. The van der Waals surface area contributed by atoms with Crippen LogP contribution in [0.2, 0.25) is 0 Å². The molecule has 0 aliphatic heterocycles. The third-order valence-corrected chi connectivity index (χ3v) is 5.19. The molecule has 138 valence electrons. The summed E-state index contributed by atoms with van der Waals surface area (Å²) in [7, 11) is 0. The number of nitrogens with one attached hydrogen (secondary N) is 2. The molecule has 0 saturated heterocycles. The minimum atomic E-state index is 0.310. The zero-order valence-corrected chi connectivity index (χ0v) is 16.4. The van der Waals surface area contributed by atoms with Crippen LogP contribution in [-0.2, 0) is 0 Å². The van der Waals surface area contributed by atoms with Crippen molar-refractivity contribution in [2.75, 3.05) is 17.2 Å². The Morgan fingerprint density at radius 2 is 1.70 bits per heavy atom. The number of aryl methyl sites for hydroxylation is 1. The summed E-state index contributed by atoms with van der Waals surface area (Å²) in [6, 6.07) is 20.3. The molecule has 2 N–H and O–H groups in total. The van der Waals surface area contributed by atoms with E-state index in [4.69, 9.17) is 0 Å². The molecule has 1 atom stereocenters. The van der Waals surface area contributed by atoms with Crippen molar-refractivity contribution in [2.24, 2.45) is 5.92 Å². The lowest BCUT2D eigenvalue weighted by Crippen LogP contribution is -2.13. The predicted octanol–water partition coefficient (Wildman–Crippen LogP) is 6.79. The van der Waals surface area contributed by atoms with Gasteiger partial charge in [0.25, 0.3) is 0 Å². The Morgan fingerprint density at radius 1 is 0.926 bits per heavy atom. The van der Waals surface area contributed by atoms with Crippen LogP contribution in [0.15, 0.2) is 60.7 Å². The predicted molar refractivity (Wildman–Crippen MR) is 118 cm³/mol. The fourth-order valence-corrected chi connectivity index (χ4v) is 3.66. The van der Waals surface area contributed by atoms with Crippen LogP contribution < -0.4 is 10.6 Å². The van der Waals surface area contributed by atoms with Crippen LogP contribution >= 0.6 is 0 Å². The quantitative estimate of drug-likeness (QED) is 0.526. The average molecular weight is 357 g/mol. The van der Waals surface area contributed by atoms with Gasteiger partial charge in [0.15, 0.2) is 0 Å². The first-order chi connectivity index (χ1) is 13.1. The molecule has 27 heavy (non-hydrogen) atoms. The average Bonchev–Trinajstić information content (AvgIpc) is 2.67. The summed E-state index contributed by atoms with van der Waals surface area (Å²) in [5.74, 6) is 0.637. The molecule has 0 amide bonds. The Kier molecular flexibility index (Phi) is 4.89. The van der Waals surface area contributed by atoms with E-state index in [0.29, 0.717) is 12.0 Å². The zero-order valence-electron chi connectivity index (χ0n) is 16.4. The van der Waals surface area contributed by atoms with Crippen molar-refractivity contribution in [3.8, 4) is 0 Å². The molecule has 0 heterocycles. The summed E-state index contributed by atoms with van der Waals surface area (Å²) in [6.07, 6.45) is 5.54. The van der Waals surface area contributed by atoms with E-state index in [9.17, 15) is 0 Å². The molecule has 2 heteroatoms. The van der Waals surface area contributed by atoms with Crippen molar-refractivity contribution in [1.29, 1.82) is 0 Å². The Balaban J connectivity index is 1.65. The Morgan fingerprint density at radius 3 is 2.48 bits per heavy atom. The second-order valence-corrected chi connectivity index (χ2v) is 8.02. The maximum atomic E-state index is 3.72. The van der Waals surface area contributed by atoms with Crippen LogP contribution in [0.25, 0.3) is 16.8 Å². The number of benzene rings is 3. The largest absolute Gasteiger partial charge is 0.385 e. The van der Waals surface area contributed by atoms with Gasteiger partial charge in [0.1, 0.15) is 0 Å². The van der Waals surface area contributed by atoms with E-state index in [2.05, 4.69) is 98.2 Å². The molecule has 2 nitrogen and oxygen atoms in total. The Hall–Kier alpha value is -2.74. The van der Waals surface area contributed by atoms with E-state index < -0.39 is 0 Å². The Bertz CT molecular complexity index is 968. The molecule has 4 rings (SSSR count). The van der Waals surface area contributed by atoms with Crippen LogP contribution in [0.5, 0.6) is 0 Å². The number of hydrogen-bond donors (Lipinski definition) is 2. The van der Waals surface area contributed by atoms with Gasteiger partial charge in [0.2, 0.25) is 0 Å². The number of fused-ring (bicyclic) bond motifs is 2. The van der Waals surface area contributed by atoms with E-state index in [0.717, 1.165) is 13.0 Å². The molecule has 0 saturated carbocycles. The molecule has 1 aliphatic carbocycles. The highest BCUT2D eigenvalue weighted by atomic mass is 14.9. The third-order valence-electron chi connectivity index (χ3n) is 5.19. The fourth-order valence-electron chi connectivity index (χ4n) is 3.66. The maximum Gasteiger partial charge on any atom is 0.0554 e. The summed E-state index contributed by atoms with van der Waals surface area (Å²) in [4.78, 5) is 0. The minimum Gasteiger partial charge on any atom is -0.385 e. The maximum absolute atomic E-state index is 3.72.